The standard InChI is InChI=1S/C40H84N2O4.C14H32N2.C10H18O4/c1-14-34(25-23-27-42(39(8,9)10)40(11,12)13)24-19-17-15-16-18-20-26-41(38(5,6)7)31-36(44)33-46-29-22-21-28-45-32-35(43)30-37(2,3)4;1-2-14(11-9-13-16)10-7-5-3-4-6-8-12-15;1(3-11-5-9-7-13-9)2-4-12-6-10-8-14-10/h34-36,43-44H,14-33H2,1-13H3;14H,2-13,15-16H2,1H3;9-10H,1-8H2. The van der Waals surface area contributed by atoms with Crippen molar-refractivity contribution in [1.29, 1.82) is 0 Å². The summed E-state index contributed by atoms with van der Waals surface area (Å²) in [5.74, 6) is 1.79. The summed E-state index contributed by atoms with van der Waals surface area (Å²) >= 11 is 0. The van der Waals surface area contributed by atoms with Gasteiger partial charge in [0.1, 0.15) is 12.2 Å². The Labute approximate surface area is 472 Å². The van der Waals surface area contributed by atoms with Crippen LogP contribution in [0.15, 0.2) is 0 Å². The molecule has 2 fully saturated rings. The summed E-state index contributed by atoms with van der Waals surface area (Å²) in [6.45, 7) is 43.4. The third-order valence-corrected chi connectivity index (χ3v) is 14.9. The molecule has 0 bridgehead atoms. The molecule has 0 spiro atoms. The molecule has 2 saturated heterocycles. The lowest BCUT2D eigenvalue weighted by atomic mass is 9.89. The summed E-state index contributed by atoms with van der Waals surface area (Å²) in [5, 5.41) is 20.7. The van der Waals surface area contributed by atoms with Gasteiger partial charge in [0.05, 0.1) is 51.8 Å². The molecule has 0 radical (unpaired) electrons. The molecule has 2 aliphatic heterocycles. The summed E-state index contributed by atoms with van der Waals surface area (Å²) in [7, 11) is 0. The van der Waals surface area contributed by atoms with E-state index in [0.717, 1.165) is 103 Å². The first kappa shape index (κ1) is 75.5. The first-order valence-corrected chi connectivity index (χ1v) is 31.8. The van der Waals surface area contributed by atoms with Gasteiger partial charge in [-0.25, -0.2) is 0 Å². The van der Waals surface area contributed by atoms with Crippen LogP contribution in [0.25, 0.3) is 0 Å². The normalized spacial score (nSPS) is 17.5. The molecule has 6 unspecified atom stereocenters. The number of nitrogens with zero attached hydrogens (tertiary/aromatic N) is 2. The molecule has 458 valence electrons. The molecule has 0 aromatic carbocycles. The molecule has 2 rings (SSSR count). The predicted molar refractivity (Wildman–Crippen MR) is 324 cm³/mol. The molecule has 0 aromatic heterocycles. The van der Waals surface area contributed by atoms with Gasteiger partial charge in [-0.05, 0) is 176 Å². The van der Waals surface area contributed by atoms with Crippen molar-refractivity contribution in [2.45, 2.75) is 298 Å². The lowest BCUT2D eigenvalue weighted by molar-refractivity contribution is -0.00741. The molecular formula is C64H134N4O8. The number of ether oxygens (including phenoxy) is 6. The molecule has 12 nitrogen and oxygen atoms in total. The fraction of sp³-hybridized carbons (Fsp3) is 1.00. The van der Waals surface area contributed by atoms with Gasteiger partial charge in [-0.1, -0.05) is 125 Å². The Morgan fingerprint density at radius 1 is 0.461 bits per heavy atom. The number of rotatable bonds is 47. The average molecular weight is 1090 g/mol. The van der Waals surface area contributed by atoms with Crippen molar-refractivity contribution in [3.05, 3.63) is 0 Å². The molecule has 12 heteroatoms. The van der Waals surface area contributed by atoms with Crippen LogP contribution in [0.5, 0.6) is 0 Å². The lowest BCUT2D eigenvalue weighted by Crippen LogP contribution is -2.52. The molecular weight excluding hydrogens is 953 g/mol. The quantitative estimate of drug-likeness (QED) is 0.0338. The van der Waals surface area contributed by atoms with Gasteiger partial charge in [-0.3, -0.25) is 9.80 Å². The molecule has 2 aliphatic rings. The van der Waals surface area contributed by atoms with Crippen molar-refractivity contribution in [3.63, 3.8) is 0 Å². The van der Waals surface area contributed by atoms with E-state index in [4.69, 9.17) is 39.9 Å². The number of aliphatic hydroxyl groups is 2. The van der Waals surface area contributed by atoms with Gasteiger partial charge in [0, 0.05) is 49.6 Å². The second-order valence-corrected chi connectivity index (χ2v) is 27.0. The van der Waals surface area contributed by atoms with E-state index in [9.17, 15) is 10.2 Å². The lowest BCUT2D eigenvalue weighted by Gasteiger charge is -2.45. The highest BCUT2D eigenvalue weighted by Crippen LogP contribution is 2.28. The topological polar surface area (TPSA) is 161 Å². The minimum absolute atomic E-state index is 0.0296. The smallest absolute Gasteiger partial charge is 0.104 e. The molecule has 0 saturated carbocycles. The van der Waals surface area contributed by atoms with Gasteiger partial charge >= 0.3 is 0 Å². The van der Waals surface area contributed by atoms with E-state index in [1.165, 1.54) is 135 Å². The van der Waals surface area contributed by atoms with Gasteiger partial charge in [0.15, 0.2) is 0 Å². The SMILES string of the molecule is C(CCOCC1CO1)COCC1CO1.CCC(CCCCCCCCN(CC(O)COCCCCOCC(O)CC(C)(C)C)C(C)(C)C)CCCN(C(C)(C)C)C(C)(C)C.CCC(CCCN)CCCCCCCCN. The average Bonchev–Trinajstić information content (AvgIpc) is 4.29. The van der Waals surface area contributed by atoms with E-state index in [-0.39, 0.29) is 22.0 Å². The maximum absolute atomic E-state index is 10.7. The van der Waals surface area contributed by atoms with Crippen LogP contribution in [-0.2, 0) is 28.4 Å². The van der Waals surface area contributed by atoms with Gasteiger partial charge in [0.2, 0.25) is 0 Å². The predicted octanol–water partition coefficient (Wildman–Crippen LogP) is 13.5. The molecule has 6 atom stereocenters. The zero-order valence-corrected chi connectivity index (χ0v) is 53.1. The number of hydrogen-bond donors (Lipinski definition) is 4. The van der Waals surface area contributed by atoms with E-state index in [1.807, 2.05) is 0 Å². The Morgan fingerprint density at radius 3 is 1.24 bits per heavy atom. The first-order chi connectivity index (χ1) is 36.0. The second kappa shape index (κ2) is 46.1. The minimum atomic E-state index is -0.473. The molecule has 0 aromatic rings. The van der Waals surface area contributed by atoms with E-state index >= 15 is 0 Å². The number of nitrogens with two attached hydrogens (primary N) is 2. The number of aliphatic hydroxyl groups excluding tert-OH is 2. The molecule has 0 amide bonds. The third-order valence-electron chi connectivity index (χ3n) is 14.9. The zero-order chi connectivity index (χ0) is 57.1. The molecule has 2 heterocycles. The van der Waals surface area contributed by atoms with Gasteiger partial charge in [-0.2, -0.15) is 0 Å². The van der Waals surface area contributed by atoms with Crippen molar-refractivity contribution in [1.82, 2.24) is 9.80 Å². The number of hydrogen-bond acceptors (Lipinski definition) is 12. The third kappa shape index (κ3) is 49.3. The Hall–Kier alpha value is -0.480. The summed E-state index contributed by atoms with van der Waals surface area (Å²) in [5.41, 5.74) is 11.6. The Bertz CT molecular complexity index is 1210. The van der Waals surface area contributed by atoms with E-state index in [0.29, 0.717) is 45.2 Å². The Balaban J connectivity index is 0.00000149. The van der Waals surface area contributed by atoms with Crippen LogP contribution in [0, 0.1) is 17.3 Å². The minimum Gasteiger partial charge on any atom is -0.391 e. The number of unbranched alkanes of at least 4 members (excludes halogenated alkanes) is 12. The van der Waals surface area contributed by atoms with Gasteiger partial charge in [0.25, 0.3) is 0 Å². The summed E-state index contributed by atoms with van der Waals surface area (Å²) in [6, 6.07) is 0. The summed E-state index contributed by atoms with van der Waals surface area (Å²) in [6.07, 6.45) is 31.1. The largest absolute Gasteiger partial charge is 0.391 e. The maximum atomic E-state index is 10.7. The van der Waals surface area contributed by atoms with E-state index < -0.39 is 12.2 Å². The van der Waals surface area contributed by atoms with Crippen LogP contribution < -0.4 is 11.5 Å². The van der Waals surface area contributed by atoms with Crippen LogP contribution in [0.4, 0.5) is 0 Å². The van der Waals surface area contributed by atoms with Crippen molar-refractivity contribution in [2.24, 2.45) is 28.7 Å². The fourth-order valence-electron chi connectivity index (χ4n) is 10.2. The Morgan fingerprint density at radius 2 is 0.842 bits per heavy atom. The van der Waals surface area contributed by atoms with Crippen LogP contribution in [0.1, 0.15) is 257 Å². The second-order valence-electron chi connectivity index (χ2n) is 27.0. The van der Waals surface area contributed by atoms with Crippen LogP contribution in [0.2, 0.25) is 0 Å². The highest BCUT2D eigenvalue weighted by atomic mass is 16.6. The highest BCUT2D eigenvalue weighted by Gasteiger charge is 2.31. The van der Waals surface area contributed by atoms with Crippen LogP contribution in [0.3, 0.4) is 0 Å². The molecule has 6 N–H and O–H groups in total. The summed E-state index contributed by atoms with van der Waals surface area (Å²) in [4.78, 5) is 5.09. The Kier molecular flexibility index (Phi) is 45.8. The number of β-amino-alcohol motifs (C(OH)–C–C–N with tert-alkyl or cyclic N) is 1. The maximum Gasteiger partial charge on any atom is 0.104 e. The van der Waals surface area contributed by atoms with Crippen molar-refractivity contribution >= 4 is 0 Å². The van der Waals surface area contributed by atoms with E-state index in [2.05, 4.69) is 107 Å². The number of epoxide rings is 2. The van der Waals surface area contributed by atoms with Gasteiger partial charge < -0.3 is 50.1 Å². The molecule has 76 heavy (non-hydrogen) atoms. The van der Waals surface area contributed by atoms with Crippen molar-refractivity contribution < 1.29 is 38.6 Å². The van der Waals surface area contributed by atoms with Gasteiger partial charge in [-0.15, -0.1) is 0 Å². The van der Waals surface area contributed by atoms with Crippen molar-refractivity contribution in [3.8, 4) is 0 Å². The zero-order valence-electron chi connectivity index (χ0n) is 53.1. The van der Waals surface area contributed by atoms with Crippen molar-refractivity contribution in [2.75, 3.05) is 98.8 Å². The first-order valence-electron chi connectivity index (χ1n) is 31.8. The molecule has 0 aliphatic carbocycles. The fourth-order valence-corrected chi connectivity index (χ4v) is 10.2. The monoisotopic (exact) mass is 1090 g/mol. The van der Waals surface area contributed by atoms with E-state index in [1.54, 1.807) is 0 Å². The van der Waals surface area contributed by atoms with Crippen LogP contribution >= 0.6 is 0 Å². The summed E-state index contributed by atoms with van der Waals surface area (Å²) < 4.78 is 32.2. The highest BCUT2D eigenvalue weighted by molar-refractivity contribution is 4.87. The van der Waals surface area contributed by atoms with Crippen LogP contribution in [-0.4, -0.2) is 160 Å².